The maximum atomic E-state index is 2.37. The lowest BCUT2D eigenvalue weighted by Crippen LogP contribution is -3.09. The molecule has 0 aromatic rings. The minimum absolute atomic E-state index is 0. The highest BCUT2D eigenvalue weighted by atomic mass is 127. The van der Waals surface area contributed by atoms with Crippen molar-refractivity contribution in [2.45, 2.75) is 84.5 Å². The van der Waals surface area contributed by atoms with Crippen molar-refractivity contribution in [2.75, 3.05) is 20.1 Å². The lowest BCUT2D eigenvalue weighted by Gasteiger charge is -2.13. The second-order valence-electron chi connectivity index (χ2n) is 5.64. The first-order valence-corrected chi connectivity index (χ1v) is 8.12. The number of unbranched alkanes of at least 4 members (excludes halogenated alkanes) is 9. The predicted octanol–water partition coefficient (Wildman–Crippen LogP) is 0.836. The van der Waals surface area contributed by atoms with Crippen LogP contribution in [0.15, 0.2) is 0 Å². The molecule has 1 nitrogen and oxygen atoms in total. The molecule has 0 radical (unpaired) electrons. The van der Waals surface area contributed by atoms with E-state index in [9.17, 15) is 0 Å². The summed E-state index contributed by atoms with van der Waals surface area (Å²) >= 11 is 0. The number of nitrogens with one attached hydrogen (secondary N) is 1. The normalized spacial score (nSPS) is 12.2. The maximum absolute atomic E-state index is 2.37. The molecule has 0 aromatic heterocycles. The van der Waals surface area contributed by atoms with E-state index in [0.717, 1.165) is 0 Å². The highest BCUT2D eigenvalue weighted by Gasteiger charge is 2.01. The van der Waals surface area contributed by atoms with Gasteiger partial charge in [-0.05, 0) is 25.7 Å². The van der Waals surface area contributed by atoms with Crippen molar-refractivity contribution in [1.82, 2.24) is 0 Å². The molecule has 0 saturated heterocycles. The largest absolute Gasteiger partial charge is 1.00 e. The van der Waals surface area contributed by atoms with E-state index < -0.39 is 0 Å². The third kappa shape index (κ3) is 16.7. The number of rotatable bonds is 13. The molecule has 0 saturated carbocycles. The SMILES string of the molecule is CCCCCCCC[NH+](C)CCCCCCC.[I-]. The Morgan fingerprint density at radius 3 is 1.28 bits per heavy atom. The zero-order chi connectivity index (χ0) is 12.8. The molecule has 0 aliphatic carbocycles. The fourth-order valence-corrected chi connectivity index (χ4v) is 2.36. The Kier molecular flexibility index (Phi) is 20.6. The van der Waals surface area contributed by atoms with Gasteiger partial charge in [-0.15, -0.1) is 0 Å². The highest BCUT2D eigenvalue weighted by molar-refractivity contribution is 4.43. The zero-order valence-electron chi connectivity index (χ0n) is 13.1. The first-order chi connectivity index (χ1) is 8.31. The number of hydrogen-bond donors (Lipinski definition) is 1. The van der Waals surface area contributed by atoms with E-state index in [2.05, 4.69) is 20.9 Å². The number of hydrogen-bond acceptors (Lipinski definition) is 0. The van der Waals surface area contributed by atoms with E-state index in [-0.39, 0.29) is 24.0 Å². The average Bonchev–Trinajstić information content (AvgIpc) is 2.33. The molecule has 0 rings (SSSR count). The van der Waals surface area contributed by atoms with Gasteiger partial charge in [0.15, 0.2) is 0 Å². The molecule has 1 N–H and O–H groups in total. The van der Waals surface area contributed by atoms with Crippen molar-refractivity contribution < 1.29 is 28.9 Å². The summed E-state index contributed by atoms with van der Waals surface area (Å²) in [5.41, 5.74) is 0. The Balaban J connectivity index is 0. The van der Waals surface area contributed by atoms with Gasteiger partial charge >= 0.3 is 0 Å². The Hall–Kier alpha value is 0.690. The zero-order valence-corrected chi connectivity index (χ0v) is 15.2. The van der Waals surface area contributed by atoms with E-state index in [0.29, 0.717) is 0 Å². The molecule has 0 aromatic carbocycles. The van der Waals surface area contributed by atoms with Crippen molar-refractivity contribution in [1.29, 1.82) is 0 Å². The third-order valence-electron chi connectivity index (χ3n) is 3.66. The summed E-state index contributed by atoms with van der Waals surface area (Å²) in [5.74, 6) is 0. The van der Waals surface area contributed by atoms with Crippen LogP contribution in [0.1, 0.15) is 84.5 Å². The Labute approximate surface area is 133 Å². The molecule has 2 heteroatoms. The van der Waals surface area contributed by atoms with Gasteiger partial charge in [0, 0.05) is 0 Å². The molecule has 18 heavy (non-hydrogen) atoms. The molecule has 1 atom stereocenters. The van der Waals surface area contributed by atoms with Gasteiger partial charge in [-0.2, -0.15) is 0 Å². The fraction of sp³-hybridized carbons (Fsp3) is 1.00. The van der Waals surface area contributed by atoms with Crippen LogP contribution in [-0.4, -0.2) is 20.1 Å². The fourth-order valence-electron chi connectivity index (χ4n) is 2.36. The second-order valence-corrected chi connectivity index (χ2v) is 5.64. The molecular weight excluding hydrogens is 333 g/mol. The molecule has 112 valence electrons. The van der Waals surface area contributed by atoms with Crippen molar-refractivity contribution in [2.24, 2.45) is 0 Å². The van der Waals surface area contributed by atoms with Crippen LogP contribution in [0.3, 0.4) is 0 Å². The quantitative estimate of drug-likeness (QED) is 0.363. The summed E-state index contributed by atoms with van der Waals surface area (Å²) < 4.78 is 0. The second kappa shape index (κ2) is 17.7. The number of quaternary nitrogens is 1. The van der Waals surface area contributed by atoms with Crippen molar-refractivity contribution >= 4 is 0 Å². The van der Waals surface area contributed by atoms with Gasteiger partial charge < -0.3 is 28.9 Å². The molecule has 0 bridgehead atoms. The van der Waals surface area contributed by atoms with E-state index in [1.165, 1.54) is 83.7 Å². The van der Waals surface area contributed by atoms with Gasteiger partial charge in [0.1, 0.15) is 0 Å². The van der Waals surface area contributed by atoms with Crippen molar-refractivity contribution in [3.63, 3.8) is 0 Å². The van der Waals surface area contributed by atoms with E-state index in [4.69, 9.17) is 0 Å². The van der Waals surface area contributed by atoms with Crippen LogP contribution in [0.25, 0.3) is 0 Å². The van der Waals surface area contributed by atoms with Crippen LogP contribution < -0.4 is 28.9 Å². The molecule has 1 unspecified atom stereocenters. The van der Waals surface area contributed by atoms with Gasteiger partial charge in [0.25, 0.3) is 0 Å². The minimum Gasteiger partial charge on any atom is -1.00 e. The smallest absolute Gasteiger partial charge is 0.0768 e. The van der Waals surface area contributed by atoms with Crippen LogP contribution >= 0.6 is 0 Å². The van der Waals surface area contributed by atoms with E-state index >= 15 is 0 Å². The molecule has 0 fully saturated rings. The minimum atomic E-state index is 0. The first-order valence-electron chi connectivity index (χ1n) is 8.12. The van der Waals surface area contributed by atoms with Gasteiger partial charge in [0.2, 0.25) is 0 Å². The standard InChI is InChI=1S/C16H35N.HI/c1-4-6-8-10-12-14-16-17(3)15-13-11-9-7-5-2;/h4-16H2,1-3H3;1H. The molecular formula is C16H36IN. The average molecular weight is 369 g/mol. The Morgan fingerprint density at radius 1 is 0.556 bits per heavy atom. The Morgan fingerprint density at radius 2 is 0.889 bits per heavy atom. The van der Waals surface area contributed by atoms with E-state index in [1.54, 1.807) is 4.90 Å². The van der Waals surface area contributed by atoms with Crippen molar-refractivity contribution in [3.05, 3.63) is 0 Å². The molecule has 0 aliphatic rings. The lowest BCUT2D eigenvalue weighted by atomic mass is 10.1. The molecule has 0 amide bonds. The maximum Gasteiger partial charge on any atom is 0.0768 e. The summed E-state index contributed by atoms with van der Waals surface area (Å²) in [5, 5.41) is 0. The van der Waals surface area contributed by atoms with Crippen molar-refractivity contribution in [3.8, 4) is 0 Å². The topological polar surface area (TPSA) is 4.44 Å². The molecule has 0 spiro atoms. The van der Waals surface area contributed by atoms with Crippen LogP contribution in [0.2, 0.25) is 0 Å². The van der Waals surface area contributed by atoms with Crippen LogP contribution in [0.4, 0.5) is 0 Å². The first kappa shape index (κ1) is 21.0. The lowest BCUT2D eigenvalue weighted by molar-refractivity contribution is -0.880. The highest BCUT2D eigenvalue weighted by Crippen LogP contribution is 2.03. The molecule has 0 aliphatic heterocycles. The van der Waals surface area contributed by atoms with Crippen LogP contribution in [-0.2, 0) is 0 Å². The summed E-state index contributed by atoms with van der Waals surface area (Å²) in [4.78, 5) is 1.75. The summed E-state index contributed by atoms with van der Waals surface area (Å²) in [6, 6.07) is 0. The van der Waals surface area contributed by atoms with Gasteiger partial charge in [-0.1, -0.05) is 58.8 Å². The van der Waals surface area contributed by atoms with Crippen LogP contribution in [0.5, 0.6) is 0 Å². The summed E-state index contributed by atoms with van der Waals surface area (Å²) in [6.45, 7) is 7.35. The van der Waals surface area contributed by atoms with Crippen LogP contribution in [0, 0.1) is 0 Å². The number of halogens is 1. The molecule has 0 heterocycles. The van der Waals surface area contributed by atoms with Gasteiger partial charge in [-0.3, -0.25) is 0 Å². The van der Waals surface area contributed by atoms with Gasteiger partial charge in [-0.25, -0.2) is 0 Å². The summed E-state index contributed by atoms with van der Waals surface area (Å²) in [7, 11) is 2.37. The summed E-state index contributed by atoms with van der Waals surface area (Å²) in [6.07, 6.45) is 15.7. The monoisotopic (exact) mass is 369 g/mol. The van der Waals surface area contributed by atoms with E-state index in [1.807, 2.05) is 0 Å². The third-order valence-corrected chi connectivity index (χ3v) is 3.66. The Bertz CT molecular complexity index is 139. The van der Waals surface area contributed by atoms with Gasteiger partial charge in [0.05, 0.1) is 20.1 Å². The predicted molar refractivity (Wildman–Crippen MR) is 78.8 cm³/mol.